The third kappa shape index (κ3) is 4.63. The van der Waals surface area contributed by atoms with Crippen molar-refractivity contribution in [1.82, 2.24) is 14.8 Å². The fraction of sp³-hybridized carbons (Fsp3) is 0.318. The highest BCUT2D eigenvalue weighted by atomic mass is 32.2. The topological polar surface area (TPSA) is 97.2 Å². The fourth-order valence-corrected chi connectivity index (χ4v) is 5.37. The van der Waals surface area contributed by atoms with E-state index < -0.39 is 27.7 Å². The predicted octanol–water partition coefficient (Wildman–Crippen LogP) is 4.20. The first-order chi connectivity index (χ1) is 16.0. The average Bonchev–Trinajstić information content (AvgIpc) is 3.36. The summed E-state index contributed by atoms with van der Waals surface area (Å²) in [5.41, 5.74) is 0.690. The summed E-state index contributed by atoms with van der Waals surface area (Å²) in [6, 6.07) is 8.64. The van der Waals surface area contributed by atoms with Crippen molar-refractivity contribution in [2.75, 3.05) is 21.9 Å². The third-order valence-electron chi connectivity index (χ3n) is 5.38. The number of nitrogens with one attached hydrogen (secondary N) is 1. The molecule has 4 rings (SSSR count). The number of sulfonamides is 1. The molecular weight excluding hydrogens is 471 g/mol. The van der Waals surface area contributed by atoms with Crippen molar-refractivity contribution in [3.8, 4) is 5.82 Å². The molecule has 1 aromatic carbocycles. The van der Waals surface area contributed by atoms with Crippen molar-refractivity contribution in [3.05, 3.63) is 65.6 Å². The van der Waals surface area contributed by atoms with Crippen LogP contribution in [0.15, 0.2) is 48.8 Å². The van der Waals surface area contributed by atoms with E-state index in [2.05, 4.69) is 15.4 Å². The fourth-order valence-electron chi connectivity index (χ4n) is 3.82. The SMILES string of the molecule is CC(C)c1c(C(=O)Nc2cccc(N3CCCS3(=O)=O)c2)cnn1-c1ccc(C(F)(F)F)cn1. The minimum absolute atomic E-state index is 0.0819. The Morgan fingerprint density at radius 3 is 2.50 bits per heavy atom. The number of pyridine rings is 1. The second kappa shape index (κ2) is 8.75. The van der Waals surface area contributed by atoms with Gasteiger partial charge in [-0.2, -0.15) is 18.3 Å². The zero-order valence-corrected chi connectivity index (χ0v) is 19.2. The van der Waals surface area contributed by atoms with Gasteiger partial charge in [-0.15, -0.1) is 0 Å². The standard InChI is InChI=1S/C22H22F3N5O3S/c1-14(2)20-18(13-27-30(20)19-8-7-15(12-26-19)22(23,24)25)21(31)28-16-5-3-6-17(11-16)29-9-4-10-34(29,32)33/h3,5-8,11-14H,4,9-10H2,1-2H3,(H,28,31). The maximum Gasteiger partial charge on any atom is 0.417 e. The van der Waals surface area contributed by atoms with Crippen LogP contribution in [0.1, 0.15) is 47.8 Å². The Hall–Kier alpha value is -3.41. The van der Waals surface area contributed by atoms with Crippen LogP contribution in [-0.4, -0.2) is 41.4 Å². The monoisotopic (exact) mass is 493 g/mol. The van der Waals surface area contributed by atoms with Crippen LogP contribution in [0.5, 0.6) is 0 Å². The van der Waals surface area contributed by atoms with Gasteiger partial charge in [-0.05, 0) is 42.7 Å². The molecule has 3 heterocycles. The number of alkyl halides is 3. The summed E-state index contributed by atoms with van der Waals surface area (Å²) in [4.78, 5) is 16.9. The Morgan fingerprint density at radius 2 is 1.91 bits per heavy atom. The van der Waals surface area contributed by atoms with Gasteiger partial charge < -0.3 is 5.32 Å². The molecule has 0 spiro atoms. The maximum atomic E-state index is 13.1. The highest BCUT2D eigenvalue weighted by Crippen LogP contribution is 2.30. The Labute approximate surface area is 194 Å². The van der Waals surface area contributed by atoms with E-state index in [-0.39, 0.29) is 23.1 Å². The molecule has 34 heavy (non-hydrogen) atoms. The quantitative estimate of drug-likeness (QED) is 0.575. The lowest BCUT2D eigenvalue weighted by atomic mass is 10.1. The Morgan fingerprint density at radius 1 is 1.15 bits per heavy atom. The summed E-state index contributed by atoms with van der Waals surface area (Å²) in [6.45, 7) is 4.03. The summed E-state index contributed by atoms with van der Waals surface area (Å²) in [7, 11) is -3.37. The number of hydrogen-bond acceptors (Lipinski definition) is 5. The largest absolute Gasteiger partial charge is 0.417 e. The lowest BCUT2D eigenvalue weighted by Crippen LogP contribution is -2.25. The molecule has 1 saturated heterocycles. The first-order valence-electron chi connectivity index (χ1n) is 10.5. The summed E-state index contributed by atoms with van der Waals surface area (Å²) in [6.07, 6.45) is -1.92. The molecule has 1 fully saturated rings. The number of halogens is 3. The minimum Gasteiger partial charge on any atom is -0.322 e. The van der Waals surface area contributed by atoms with Crippen molar-refractivity contribution in [2.24, 2.45) is 0 Å². The smallest absolute Gasteiger partial charge is 0.322 e. The van der Waals surface area contributed by atoms with E-state index in [1.165, 1.54) is 21.3 Å². The number of amides is 1. The number of carbonyl (C=O) groups is 1. The van der Waals surface area contributed by atoms with Gasteiger partial charge in [0.2, 0.25) is 10.0 Å². The van der Waals surface area contributed by atoms with Gasteiger partial charge in [-0.1, -0.05) is 19.9 Å². The van der Waals surface area contributed by atoms with E-state index in [9.17, 15) is 26.4 Å². The van der Waals surface area contributed by atoms with Crippen LogP contribution in [0.4, 0.5) is 24.5 Å². The van der Waals surface area contributed by atoms with E-state index in [1.54, 1.807) is 24.3 Å². The minimum atomic E-state index is -4.51. The first kappa shape index (κ1) is 23.7. The van der Waals surface area contributed by atoms with Gasteiger partial charge in [0.15, 0.2) is 5.82 Å². The van der Waals surface area contributed by atoms with E-state index >= 15 is 0 Å². The third-order valence-corrected chi connectivity index (χ3v) is 7.25. The number of anilines is 2. The zero-order valence-electron chi connectivity index (χ0n) is 18.4. The summed E-state index contributed by atoms with van der Waals surface area (Å²) in [5.74, 6) is -0.452. The lowest BCUT2D eigenvalue weighted by Gasteiger charge is -2.18. The van der Waals surface area contributed by atoms with Crippen molar-refractivity contribution < 1.29 is 26.4 Å². The average molecular weight is 494 g/mol. The normalized spacial score (nSPS) is 15.6. The molecule has 1 aliphatic heterocycles. The van der Waals surface area contributed by atoms with Crippen LogP contribution in [0.25, 0.3) is 5.82 Å². The predicted molar refractivity (Wildman–Crippen MR) is 121 cm³/mol. The molecule has 180 valence electrons. The van der Waals surface area contributed by atoms with E-state index in [0.717, 1.165) is 12.3 Å². The van der Waals surface area contributed by atoms with Crippen LogP contribution in [0, 0.1) is 0 Å². The lowest BCUT2D eigenvalue weighted by molar-refractivity contribution is -0.137. The number of hydrogen-bond donors (Lipinski definition) is 1. The molecule has 0 atom stereocenters. The Bertz CT molecular complexity index is 1320. The molecule has 3 aromatic rings. The molecule has 0 aliphatic carbocycles. The highest BCUT2D eigenvalue weighted by molar-refractivity contribution is 7.93. The van der Waals surface area contributed by atoms with Gasteiger partial charge in [-0.3, -0.25) is 9.10 Å². The van der Waals surface area contributed by atoms with Gasteiger partial charge >= 0.3 is 6.18 Å². The molecule has 1 amide bonds. The van der Waals surface area contributed by atoms with Crippen LogP contribution in [0.3, 0.4) is 0 Å². The van der Waals surface area contributed by atoms with Crippen molar-refractivity contribution in [2.45, 2.75) is 32.4 Å². The van der Waals surface area contributed by atoms with Gasteiger partial charge in [0.05, 0.1) is 34.5 Å². The highest BCUT2D eigenvalue weighted by Gasteiger charge is 2.31. The second-order valence-electron chi connectivity index (χ2n) is 8.16. The van der Waals surface area contributed by atoms with E-state index in [4.69, 9.17) is 0 Å². The molecule has 1 N–H and O–H groups in total. The molecule has 0 unspecified atom stereocenters. The molecule has 0 saturated carbocycles. The van der Waals surface area contributed by atoms with E-state index in [1.807, 2.05) is 13.8 Å². The number of benzene rings is 1. The summed E-state index contributed by atoms with van der Waals surface area (Å²) in [5, 5.41) is 6.94. The second-order valence-corrected chi connectivity index (χ2v) is 10.2. The van der Waals surface area contributed by atoms with E-state index in [0.29, 0.717) is 30.0 Å². The van der Waals surface area contributed by atoms with Crippen LogP contribution in [-0.2, 0) is 16.2 Å². The molecule has 12 heteroatoms. The first-order valence-corrected chi connectivity index (χ1v) is 12.1. The molecule has 0 bridgehead atoms. The van der Waals surface area contributed by atoms with Gasteiger partial charge in [0, 0.05) is 18.4 Å². The van der Waals surface area contributed by atoms with Gasteiger partial charge in [-0.25, -0.2) is 18.1 Å². The molecule has 8 nitrogen and oxygen atoms in total. The number of rotatable bonds is 5. The van der Waals surface area contributed by atoms with Crippen molar-refractivity contribution in [1.29, 1.82) is 0 Å². The Balaban J connectivity index is 1.61. The van der Waals surface area contributed by atoms with Crippen molar-refractivity contribution >= 4 is 27.3 Å². The number of carbonyl (C=O) groups excluding carboxylic acids is 1. The number of nitrogens with zero attached hydrogens (tertiary/aromatic N) is 4. The van der Waals surface area contributed by atoms with Crippen LogP contribution < -0.4 is 9.62 Å². The Kier molecular flexibility index (Phi) is 6.11. The number of aromatic nitrogens is 3. The maximum absolute atomic E-state index is 13.1. The zero-order chi connectivity index (χ0) is 24.7. The van der Waals surface area contributed by atoms with Gasteiger partial charge in [0.25, 0.3) is 5.91 Å². The summed E-state index contributed by atoms with van der Waals surface area (Å²) < 4.78 is 65.7. The molecular formula is C22H22F3N5O3S. The van der Waals surface area contributed by atoms with Crippen LogP contribution >= 0.6 is 0 Å². The van der Waals surface area contributed by atoms with Gasteiger partial charge in [0.1, 0.15) is 0 Å². The molecule has 1 aliphatic rings. The van der Waals surface area contributed by atoms with Crippen molar-refractivity contribution in [3.63, 3.8) is 0 Å². The summed E-state index contributed by atoms with van der Waals surface area (Å²) >= 11 is 0. The molecule has 0 radical (unpaired) electrons. The molecule has 2 aromatic heterocycles. The van der Waals surface area contributed by atoms with Crippen LogP contribution in [0.2, 0.25) is 0 Å².